The molecule has 2 amide bonds. The molecular formula is C12H13ClN2O4. The van der Waals surface area contributed by atoms with Crippen LogP contribution >= 0.6 is 11.6 Å². The maximum atomic E-state index is 11.6. The summed E-state index contributed by atoms with van der Waals surface area (Å²) in [6, 6.07) is 6.23. The number of halogens is 1. The predicted molar refractivity (Wildman–Crippen MR) is 69.0 cm³/mol. The smallest absolute Gasteiger partial charge is 0.305 e. The minimum absolute atomic E-state index is 0.0327. The second-order valence-corrected chi connectivity index (χ2v) is 4.12. The van der Waals surface area contributed by atoms with Crippen LogP contribution in [-0.2, 0) is 9.59 Å². The van der Waals surface area contributed by atoms with Crippen molar-refractivity contribution in [2.75, 3.05) is 13.1 Å². The van der Waals surface area contributed by atoms with Crippen molar-refractivity contribution in [3.8, 4) is 0 Å². The number of carboxylic acid groups (broad SMARTS) is 1. The molecule has 3 N–H and O–H groups in total. The Bertz CT molecular complexity index is 473. The summed E-state index contributed by atoms with van der Waals surface area (Å²) < 4.78 is 0. The summed E-state index contributed by atoms with van der Waals surface area (Å²) in [6.07, 6.45) is -0.156. The monoisotopic (exact) mass is 284 g/mol. The molecule has 0 aliphatic carbocycles. The lowest BCUT2D eigenvalue weighted by Gasteiger charge is -2.06. The van der Waals surface area contributed by atoms with Crippen molar-refractivity contribution in [3.05, 3.63) is 34.9 Å². The molecule has 102 valence electrons. The number of carbonyl (C=O) groups excluding carboxylic acids is 2. The number of rotatable bonds is 6. The third-order valence-corrected chi connectivity index (χ3v) is 2.43. The van der Waals surface area contributed by atoms with Gasteiger partial charge in [0.1, 0.15) is 0 Å². The fourth-order valence-corrected chi connectivity index (χ4v) is 1.36. The SMILES string of the molecule is O=C(O)CCNC(=O)CNC(=O)c1ccc(Cl)cc1. The molecule has 0 radical (unpaired) electrons. The Balaban J connectivity index is 2.31. The molecule has 19 heavy (non-hydrogen) atoms. The summed E-state index contributed by atoms with van der Waals surface area (Å²) in [6.45, 7) is -0.175. The van der Waals surface area contributed by atoms with Gasteiger partial charge >= 0.3 is 5.97 Å². The van der Waals surface area contributed by atoms with Crippen molar-refractivity contribution in [2.45, 2.75) is 6.42 Å². The first-order valence-electron chi connectivity index (χ1n) is 5.51. The maximum Gasteiger partial charge on any atom is 0.305 e. The lowest BCUT2D eigenvalue weighted by Crippen LogP contribution is -2.37. The van der Waals surface area contributed by atoms with Gasteiger partial charge in [-0.2, -0.15) is 0 Å². The molecule has 1 aromatic rings. The fraction of sp³-hybridized carbons (Fsp3) is 0.250. The van der Waals surface area contributed by atoms with E-state index in [0.29, 0.717) is 10.6 Å². The lowest BCUT2D eigenvalue weighted by molar-refractivity contribution is -0.136. The van der Waals surface area contributed by atoms with Gasteiger partial charge < -0.3 is 15.7 Å². The van der Waals surface area contributed by atoms with E-state index in [1.807, 2.05) is 0 Å². The van der Waals surface area contributed by atoms with Crippen LogP contribution < -0.4 is 10.6 Å². The largest absolute Gasteiger partial charge is 0.481 e. The molecule has 0 aliphatic rings. The Hall–Kier alpha value is -2.08. The van der Waals surface area contributed by atoms with Gasteiger partial charge in [0, 0.05) is 17.1 Å². The Labute approximate surface area is 114 Å². The second-order valence-electron chi connectivity index (χ2n) is 3.68. The van der Waals surface area contributed by atoms with Crippen LogP contribution in [0.3, 0.4) is 0 Å². The average molecular weight is 285 g/mol. The van der Waals surface area contributed by atoms with E-state index >= 15 is 0 Å². The van der Waals surface area contributed by atoms with Crippen molar-refractivity contribution in [1.29, 1.82) is 0 Å². The van der Waals surface area contributed by atoms with Crippen LogP contribution in [0.25, 0.3) is 0 Å². The molecule has 7 heteroatoms. The number of hydrogen-bond donors (Lipinski definition) is 3. The first kappa shape index (κ1) is 15.0. The van der Waals surface area contributed by atoms with Gasteiger partial charge in [-0.15, -0.1) is 0 Å². The van der Waals surface area contributed by atoms with Crippen LogP contribution in [0, 0.1) is 0 Å². The topological polar surface area (TPSA) is 95.5 Å². The zero-order chi connectivity index (χ0) is 14.3. The molecule has 0 bridgehead atoms. The highest BCUT2D eigenvalue weighted by Gasteiger charge is 2.08. The van der Waals surface area contributed by atoms with Gasteiger partial charge in [0.25, 0.3) is 5.91 Å². The van der Waals surface area contributed by atoms with Gasteiger partial charge in [-0.1, -0.05) is 11.6 Å². The molecule has 0 atom stereocenters. The Morgan fingerprint density at radius 2 is 1.74 bits per heavy atom. The van der Waals surface area contributed by atoms with E-state index < -0.39 is 17.8 Å². The van der Waals surface area contributed by atoms with Crippen LogP contribution in [0.5, 0.6) is 0 Å². The summed E-state index contributed by atoms with van der Waals surface area (Å²) in [5.74, 6) is -1.83. The van der Waals surface area contributed by atoms with E-state index in [-0.39, 0.29) is 19.5 Å². The van der Waals surface area contributed by atoms with Crippen LogP contribution in [0.1, 0.15) is 16.8 Å². The van der Waals surface area contributed by atoms with Crippen molar-refractivity contribution < 1.29 is 19.5 Å². The standard InChI is InChI=1S/C12H13ClN2O4/c13-9-3-1-8(2-4-9)12(19)15-7-10(16)14-6-5-11(17)18/h1-4H,5-7H2,(H,14,16)(H,15,19)(H,17,18). The zero-order valence-electron chi connectivity index (χ0n) is 9.98. The fourth-order valence-electron chi connectivity index (χ4n) is 1.24. The predicted octanol–water partition coefficient (Wildman–Crippen LogP) is 0.661. The third-order valence-electron chi connectivity index (χ3n) is 2.18. The number of hydrogen-bond acceptors (Lipinski definition) is 3. The molecule has 0 aliphatic heterocycles. The Morgan fingerprint density at radius 1 is 1.11 bits per heavy atom. The first-order valence-corrected chi connectivity index (χ1v) is 5.89. The van der Waals surface area contributed by atoms with Crippen LogP contribution in [-0.4, -0.2) is 36.0 Å². The highest BCUT2D eigenvalue weighted by atomic mass is 35.5. The molecule has 0 saturated carbocycles. The van der Waals surface area contributed by atoms with E-state index in [1.165, 1.54) is 0 Å². The zero-order valence-corrected chi connectivity index (χ0v) is 10.7. The van der Waals surface area contributed by atoms with Crippen LogP contribution in [0.4, 0.5) is 0 Å². The second kappa shape index (κ2) is 7.38. The van der Waals surface area contributed by atoms with E-state index in [1.54, 1.807) is 24.3 Å². The van der Waals surface area contributed by atoms with Crippen LogP contribution in [0.15, 0.2) is 24.3 Å². The quantitative estimate of drug-likeness (QED) is 0.715. The average Bonchev–Trinajstić information content (AvgIpc) is 2.36. The molecule has 6 nitrogen and oxygen atoms in total. The highest BCUT2D eigenvalue weighted by molar-refractivity contribution is 6.30. The summed E-state index contributed by atoms with van der Waals surface area (Å²) in [5.41, 5.74) is 0.391. The van der Waals surface area contributed by atoms with Crippen molar-refractivity contribution in [2.24, 2.45) is 0 Å². The molecule has 1 aromatic carbocycles. The third kappa shape index (κ3) is 5.87. The summed E-state index contributed by atoms with van der Waals surface area (Å²) in [7, 11) is 0. The summed E-state index contributed by atoms with van der Waals surface area (Å²) in [4.78, 5) is 33.1. The summed E-state index contributed by atoms with van der Waals surface area (Å²) >= 11 is 5.68. The number of nitrogens with one attached hydrogen (secondary N) is 2. The highest BCUT2D eigenvalue weighted by Crippen LogP contribution is 2.09. The molecule has 1 rings (SSSR count). The molecule has 0 unspecified atom stereocenters. The van der Waals surface area contributed by atoms with E-state index in [4.69, 9.17) is 16.7 Å². The molecule has 0 saturated heterocycles. The molecule has 0 aromatic heterocycles. The van der Waals surface area contributed by atoms with Crippen molar-refractivity contribution in [1.82, 2.24) is 10.6 Å². The van der Waals surface area contributed by atoms with Crippen molar-refractivity contribution in [3.63, 3.8) is 0 Å². The molecule has 0 fully saturated rings. The molecule has 0 heterocycles. The Morgan fingerprint density at radius 3 is 2.32 bits per heavy atom. The number of carboxylic acids is 1. The van der Waals surface area contributed by atoms with Gasteiger partial charge in [0.2, 0.25) is 5.91 Å². The first-order chi connectivity index (χ1) is 8.99. The summed E-state index contributed by atoms with van der Waals surface area (Å²) in [5, 5.41) is 13.7. The van der Waals surface area contributed by atoms with E-state index in [2.05, 4.69) is 10.6 Å². The van der Waals surface area contributed by atoms with Crippen LogP contribution in [0.2, 0.25) is 5.02 Å². The minimum Gasteiger partial charge on any atom is -0.481 e. The lowest BCUT2D eigenvalue weighted by atomic mass is 10.2. The number of carbonyl (C=O) groups is 3. The maximum absolute atomic E-state index is 11.6. The molecular weight excluding hydrogens is 272 g/mol. The van der Waals surface area contributed by atoms with E-state index in [0.717, 1.165) is 0 Å². The number of amides is 2. The molecule has 0 spiro atoms. The number of aliphatic carboxylic acids is 1. The van der Waals surface area contributed by atoms with Gasteiger partial charge in [0.05, 0.1) is 13.0 Å². The van der Waals surface area contributed by atoms with Gasteiger partial charge in [-0.25, -0.2) is 0 Å². The van der Waals surface area contributed by atoms with Crippen molar-refractivity contribution >= 4 is 29.4 Å². The van der Waals surface area contributed by atoms with Gasteiger partial charge in [-0.3, -0.25) is 14.4 Å². The number of benzene rings is 1. The van der Waals surface area contributed by atoms with Gasteiger partial charge in [-0.05, 0) is 24.3 Å². The Kier molecular flexibility index (Phi) is 5.81. The minimum atomic E-state index is -0.995. The normalized spacial score (nSPS) is 9.74. The van der Waals surface area contributed by atoms with E-state index in [9.17, 15) is 14.4 Å². The van der Waals surface area contributed by atoms with Gasteiger partial charge in [0.15, 0.2) is 0 Å².